The van der Waals surface area contributed by atoms with Crippen LogP contribution in [0.25, 0.3) is 11.1 Å². The van der Waals surface area contributed by atoms with E-state index in [1.165, 1.54) is 13.0 Å². The predicted molar refractivity (Wildman–Crippen MR) is 141 cm³/mol. The maximum atomic E-state index is 13.7. The molecule has 2 aromatic carbocycles. The normalized spacial score (nSPS) is 23.2. The van der Waals surface area contributed by atoms with Crippen LogP contribution in [0.4, 0.5) is 0 Å². The molecule has 0 bridgehead atoms. The van der Waals surface area contributed by atoms with E-state index < -0.39 is 41.2 Å². The van der Waals surface area contributed by atoms with Crippen LogP contribution in [0.5, 0.6) is 5.75 Å². The van der Waals surface area contributed by atoms with Gasteiger partial charge in [-0.3, -0.25) is 19.2 Å². The zero-order valence-electron chi connectivity index (χ0n) is 21.7. The molecular formula is C31H30O8. The summed E-state index contributed by atoms with van der Waals surface area (Å²) < 4.78 is 0. The van der Waals surface area contributed by atoms with Crippen molar-refractivity contribution in [2.75, 3.05) is 0 Å². The third kappa shape index (κ3) is 4.59. The Hall–Kier alpha value is -4.04. The van der Waals surface area contributed by atoms with E-state index in [1.54, 1.807) is 13.0 Å². The highest BCUT2D eigenvalue weighted by atomic mass is 16.3. The zero-order valence-corrected chi connectivity index (χ0v) is 21.7. The Morgan fingerprint density at radius 1 is 1.00 bits per heavy atom. The van der Waals surface area contributed by atoms with Crippen LogP contribution in [0.3, 0.4) is 0 Å². The Kier molecular flexibility index (Phi) is 6.76. The molecule has 4 N–H and O–H groups in total. The van der Waals surface area contributed by atoms with E-state index in [4.69, 9.17) is 0 Å². The van der Waals surface area contributed by atoms with Gasteiger partial charge in [0, 0.05) is 24.8 Å². The second kappa shape index (κ2) is 9.93. The first-order chi connectivity index (χ1) is 18.5. The smallest absolute Gasteiger partial charge is 0.196 e. The Labute approximate surface area is 225 Å². The van der Waals surface area contributed by atoms with Crippen LogP contribution in [-0.2, 0) is 27.2 Å². The number of ketones is 4. The number of aliphatic hydroxyl groups is 3. The predicted octanol–water partition coefficient (Wildman–Crippen LogP) is 4.12. The topological polar surface area (TPSA) is 149 Å². The standard InChI is InChI=1S/C31H30O8/c1-14(32)9-20(34)10-16-3-5-17(6-4-16)21-7-8-23(35)28-22(21)12-18-11-19-13-24(36)25(15(2)33)29(37)27(19)30(38)26(18)31(28)39/h3-8,14,18-19,27,32,35-36,38H,9-13H2,1-2H3/t14?,18-,19+,27?/m1/s1. The lowest BCUT2D eigenvalue weighted by Crippen LogP contribution is -2.42. The van der Waals surface area contributed by atoms with E-state index in [-0.39, 0.29) is 59.0 Å². The van der Waals surface area contributed by atoms with Crippen molar-refractivity contribution in [2.24, 2.45) is 17.8 Å². The number of phenolic OH excluding ortho intramolecular Hbond substituents is 1. The van der Waals surface area contributed by atoms with Crippen LogP contribution in [0.2, 0.25) is 0 Å². The second-order valence-corrected chi connectivity index (χ2v) is 10.9. The van der Waals surface area contributed by atoms with Gasteiger partial charge in [0.1, 0.15) is 23.1 Å². The quantitative estimate of drug-likeness (QED) is 0.408. The molecular weight excluding hydrogens is 500 g/mol. The van der Waals surface area contributed by atoms with Crippen molar-refractivity contribution in [1.29, 1.82) is 0 Å². The van der Waals surface area contributed by atoms with Gasteiger partial charge < -0.3 is 20.4 Å². The first kappa shape index (κ1) is 26.6. The molecule has 0 fully saturated rings. The number of carbonyl (C=O) groups is 4. The second-order valence-electron chi connectivity index (χ2n) is 10.9. The molecule has 5 rings (SSSR count). The van der Waals surface area contributed by atoms with E-state index in [0.717, 1.165) is 16.7 Å². The monoisotopic (exact) mass is 530 g/mol. The molecule has 3 aliphatic rings. The van der Waals surface area contributed by atoms with Gasteiger partial charge in [-0.25, -0.2) is 0 Å². The minimum atomic E-state index is -1.08. The van der Waals surface area contributed by atoms with E-state index in [9.17, 15) is 39.6 Å². The maximum absolute atomic E-state index is 13.7. The van der Waals surface area contributed by atoms with E-state index in [0.29, 0.717) is 18.4 Å². The molecule has 39 heavy (non-hydrogen) atoms. The molecule has 0 spiro atoms. The summed E-state index contributed by atoms with van der Waals surface area (Å²) in [6.07, 6.45) is 0.324. The first-order valence-electron chi connectivity index (χ1n) is 13.1. The number of carbonyl (C=O) groups excluding carboxylic acids is 4. The van der Waals surface area contributed by atoms with Crippen LogP contribution in [0, 0.1) is 17.8 Å². The van der Waals surface area contributed by atoms with Crippen molar-refractivity contribution in [3.05, 3.63) is 75.8 Å². The van der Waals surface area contributed by atoms with Crippen molar-refractivity contribution in [3.63, 3.8) is 0 Å². The maximum Gasteiger partial charge on any atom is 0.196 e. The summed E-state index contributed by atoms with van der Waals surface area (Å²) in [7, 11) is 0. The lowest BCUT2D eigenvalue weighted by atomic mass is 9.62. The summed E-state index contributed by atoms with van der Waals surface area (Å²) in [6, 6.07) is 10.5. The summed E-state index contributed by atoms with van der Waals surface area (Å²) >= 11 is 0. The Morgan fingerprint density at radius 2 is 1.69 bits per heavy atom. The zero-order chi connectivity index (χ0) is 28.2. The molecule has 8 heteroatoms. The Bertz CT molecular complexity index is 1470. The molecule has 0 aromatic heterocycles. The van der Waals surface area contributed by atoms with E-state index in [2.05, 4.69) is 0 Å². The highest BCUT2D eigenvalue weighted by Crippen LogP contribution is 2.50. The van der Waals surface area contributed by atoms with Crippen LogP contribution in [-0.4, -0.2) is 49.7 Å². The molecule has 2 aromatic rings. The molecule has 3 aliphatic carbocycles. The van der Waals surface area contributed by atoms with Gasteiger partial charge in [-0.05, 0) is 66.8 Å². The minimum Gasteiger partial charge on any atom is -0.511 e. The van der Waals surface area contributed by atoms with Gasteiger partial charge in [0.05, 0.1) is 23.2 Å². The Morgan fingerprint density at radius 3 is 2.33 bits per heavy atom. The Balaban J connectivity index is 1.51. The summed E-state index contributed by atoms with van der Waals surface area (Å²) in [4.78, 5) is 50.9. The summed E-state index contributed by atoms with van der Waals surface area (Å²) in [5, 5.41) is 41.7. The largest absolute Gasteiger partial charge is 0.511 e. The van der Waals surface area contributed by atoms with E-state index in [1.807, 2.05) is 24.3 Å². The van der Waals surface area contributed by atoms with E-state index >= 15 is 0 Å². The number of benzene rings is 2. The third-order valence-corrected chi connectivity index (χ3v) is 8.06. The summed E-state index contributed by atoms with van der Waals surface area (Å²) in [5.74, 6) is -4.72. The van der Waals surface area contributed by atoms with Crippen LogP contribution in [0.15, 0.2) is 59.1 Å². The molecule has 0 aliphatic heterocycles. The molecule has 0 saturated heterocycles. The first-order valence-corrected chi connectivity index (χ1v) is 13.1. The molecule has 0 amide bonds. The molecule has 0 heterocycles. The minimum absolute atomic E-state index is 0.0579. The third-order valence-electron chi connectivity index (χ3n) is 8.06. The summed E-state index contributed by atoms with van der Waals surface area (Å²) in [6.45, 7) is 2.75. The van der Waals surface area contributed by atoms with Gasteiger partial charge in [-0.15, -0.1) is 0 Å². The molecule has 2 unspecified atom stereocenters. The average Bonchev–Trinajstić information content (AvgIpc) is 2.83. The van der Waals surface area contributed by atoms with Gasteiger partial charge in [-0.2, -0.15) is 0 Å². The number of fused-ring (bicyclic) bond motifs is 3. The van der Waals surface area contributed by atoms with Crippen molar-refractivity contribution in [3.8, 4) is 16.9 Å². The number of hydrogen-bond acceptors (Lipinski definition) is 8. The van der Waals surface area contributed by atoms with Gasteiger partial charge in [-0.1, -0.05) is 30.3 Å². The van der Waals surface area contributed by atoms with Crippen molar-refractivity contribution < 1.29 is 39.6 Å². The highest BCUT2D eigenvalue weighted by molar-refractivity contribution is 6.22. The molecule has 8 nitrogen and oxygen atoms in total. The van der Waals surface area contributed by atoms with Crippen molar-refractivity contribution >= 4 is 23.1 Å². The number of allylic oxidation sites excluding steroid dienone is 4. The van der Waals surface area contributed by atoms with Crippen LogP contribution >= 0.6 is 0 Å². The number of Topliss-reactive ketones (excluding diaryl/α,β-unsaturated/α-hetero) is 4. The number of phenols is 1. The van der Waals surface area contributed by atoms with Crippen molar-refractivity contribution in [2.45, 2.75) is 52.1 Å². The SMILES string of the molecule is CC(=O)C1=C(O)C[C@@H]2C[C@@H]3Cc4c(-c5ccc(CC(=O)CC(C)O)cc5)ccc(O)c4C(=O)C3=C(O)C2C1=O. The number of hydrogen-bond donors (Lipinski definition) is 4. The molecule has 4 atom stereocenters. The van der Waals surface area contributed by atoms with Gasteiger partial charge in [0.15, 0.2) is 17.3 Å². The van der Waals surface area contributed by atoms with Crippen LogP contribution in [0.1, 0.15) is 54.6 Å². The lowest BCUT2D eigenvalue weighted by molar-refractivity contribution is -0.126. The molecule has 202 valence electrons. The number of rotatable bonds is 6. The van der Waals surface area contributed by atoms with Gasteiger partial charge in [0.2, 0.25) is 0 Å². The van der Waals surface area contributed by atoms with Gasteiger partial charge in [0.25, 0.3) is 0 Å². The number of aliphatic hydroxyl groups excluding tert-OH is 3. The highest BCUT2D eigenvalue weighted by Gasteiger charge is 2.50. The fourth-order valence-electron chi connectivity index (χ4n) is 6.45. The molecule has 0 radical (unpaired) electrons. The fraction of sp³-hybridized carbons (Fsp3) is 0.355. The fourth-order valence-corrected chi connectivity index (χ4v) is 6.45. The summed E-state index contributed by atoms with van der Waals surface area (Å²) in [5.41, 5.74) is 2.78. The average molecular weight is 531 g/mol. The number of aromatic hydroxyl groups is 1. The lowest BCUT2D eigenvalue weighted by Gasteiger charge is -2.41. The molecule has 0 saturated carbocycles. The van der Waals surface area contributed by atoms with Gasteiger partial charge >= 0.3 is 0 Å². The van der Waals surface area contributed by atoms with Crippen LogP contribution < -0.4 is 0 Å². The van der Waals surface area contributed by atoms with Crippen molar-refractivity contribution in [1.82, 2.24) is 0 Å².